The Morgan fingerprint density at radius 3 is 1.31 bits per heavy atom. The summed E-state index contributed by atoms with van der Waals surface area (Å²) in [5.41, 5.74) is 8.31. The lowest BCUT2D eigenvalue weighted by molar-refractivity contribution is 0.400. The lowest BCUT2D eigenvalue weighted by atomic mass is 9.94. The van der Waals surface area contributed by atoms with E-state index in [2.05, 4.69) is 57.2 Å². The van der Waals surface area contributed by atoms with E-state index in [4.69, 9.17) is 14.2 Å². The van der Waals surface area contributed by atoms with Gasteiger partial charge in [-0.3, -0.25) is 0 Å². The number of aryl methyl sites for hydroxylation is 3. The van der Waals surface area contributed by atoms with Gasteiger partial charge in [0.05, 0.1) is 21.3 Å². The molecule has 0 amide bonds. The molecule has 0 heterocycles. The second kappa shape index (κ2) is 9.04. The van der Waals surface area contributed by atoms with Crippen molar-refractivity contribution in [3.8, 4) is 17.2 Å². The molecule has 0 unspecified atom stereocenters. The molecule has 0 atom stereocenters. The summed E-state index contributed by atoms with van der Waals surface area (Å²) in [4.78, 5) is 0. The van der Waals surface area contributed by atoms with Crippen LogP contribution in [0.5, 0.6) is 17.2 Å². The number of hydrogen-bond donors (Lipinski definition) is 0. The zero-order valence-corrected chi connectivity index (χ0v) is 18.3. The average Bonchev–Trinajstić information content (AvgIpc) is 2.68. The van der Waals surface area contributed by atoms with Crippen molar-refractivity contribution in [3.63, 3.8) is 0 Å². The van der Waals surface area contributed by atoms with Crippen molar-refractivity contribution < 1.29 is 14.2 Å². The van der Waals surface area contributed by atoms with E-state index < -0.39 is 0 Å². The Balaban J connectivity index is 2.04. The predicted octanol–water partition coefficient (Wildman–Crippen LogP) is 5.82. The van der Waals surface area contributed by atoms with Gasteiger partial charge >= 0.3 is 0 Å². The maximum absolute atomic E-state index is 5.90. The van der Waals surface area contributed by atoms with Crippen LogP contribution in [0.3, 0.4) is 0 Å². The van der Waals surface area contributed by atoms with Gasteiger partial charge in [0, 0.05) is 12.8 Å². The zero-order valence-electron chi connectivity index (χ0n) is 18.3. The largest absolute Gasteiger partial charge is 0.496 e. The molecule has 0 fully saturated rings. The third-order valence-electron chi connectivity index (χ3n) is 5.22. The normalized spacial score (nSPS) is 10.7. The number of ether oxygens (including phenoxy) is 3. The van der Waals surface area contributed by atoms with E-state index in [1.54, 1.807) is 21.3 Å². The van der Waals surface area contributed by atoms with Crippen LogP contribution < -0.4 is 14.2 Å². The standard InChI is InChI=1S/C26H30O3/c1-17-7-9-24(27-4)20(11-17)15-22-13-19(3)14-23(26(22)29-6)16-21-12-18(2)8-10-25(21)28-5/h7-14H,15-16H2,1-6H3. The molecule has 3 aromatic carbocycles. The third-order valence-corrected chi connectivity index (χ3v) is 5.22. The molecule has 0 spiro atoms. The first-order chi connectivity index (χ1) is 13.9. The highest BCUT2D eigenvalue weighted by molar-refractivity contribution is 5.52. The number of rotatable bonds is 7. The lowest BCUT2D eigenvalue weighted by Gasteiger charge is -2.18. The smallest absolute Gasteiger partial charge is 0.125 e. The molecule has 0 aliphatic heterocycles. The quantitative estimate of drug-likeness (QED) is 0.509. The van der Waals surface area contributed by atoms with Crippen LogP contribution in [0.2, 0.25) is 0 Å². The van der Waals surface area contributed by atoms with Crippen LogP contribution in [0.4, 0.5) is 0 Å². The Morgan fingerprint density at radius 2 is 0.931 bits per heavy atom. The molecule has 0 N–H and O–H groups in total. The van der Waals surface area contributed by atoms with Gasteiger partial charge in [-0.25, -0.2) is 0 Å². The molecule has 0 radical (unpaired) electrons. The number of methoxy groups -OCH3 is 3. The second-order valence-corrected chi connectivity index (χ2v) is 7.60. The SMILES string of the molecule is COc1ccc(C)cc1Cc1cc(C)cc(Cc2cc(C)ccc2OC)c1OC. The van der Waals surface area contributed by atoms with E-state index in [9.17, 15) is 0 Å². The maximum atomic E-state index is 5.90. The van der Waals surface area contributed by atoms with E-state index in [0.29, 0.717) is 0 Å². The fourth-order valence-electron chi connectivity index (χ4n) is 3.95. The van der Waals surface area contributed by atoms with Crippen molar-refractivity contribution >= 4 is 0 Å². The summed E-state index contributed by atoms with van der Waals surface area (Å²) < 4.78 is 17.1. The minimum Gasteiger partial charge on any atom is -0.496 e. The highest BCUT2D eigenvalue weighted by Gasteiger charge is 2.15. The van der Waals surface area contributed by atoms with Gasteiger partial charge in [-0.1, -0.05) is 53.1 Å². The van der Waals surface area contributed by atoms with Crippen molar-refractivity contribution in [1.82, 2.24) is 0 Å². The van der Waals surface area contributed by atoms with Crippen LogP contribution in [0.15, 0.2) is 48.5 Å². The molecule has 29 heavy (non-hydrogen) atoms. The Labute approximate surface area is 174 Å². The first kappa shape index (κ1) is 20.8. The Bertz CT molecular complexity index is 928. The number of benzene rings is 3. The molecule has 0 bridgehead atoms. The molecule has 0 saturated heterocycles. The van der Waals surface area contributed by atoms with E-state index in [1.165, 1.54) is 16.7 Å². The molecule has 0 aromatic heterocycles. The molecule has 3 nitrogen and oxygen atoms in total. The van der Waals surface area contributed by atoms with Gasteiger partial charge in [0.25, 0.3) is 0 Å². The van der Waals surface area contributed by atoms with E-state index in [1.807, 2.05) is 12.1 Å². The highest BCUT2D eigenvalue weighted by Crippen LogP contribution is 2.34. The minimum atomic E-state index is 0.758. The van der Waals surface area contributed by atoms with Crippen molar-refractivity contribution in [3.05, 3.63) is 87.5 Å². The highest BCUT2D eigenvalue weighted by atomic mass is 16.5. The van der Waals surface area contributed by atoms with Crippen LogP contribution in [0.25, 0.3) is 0 Å². The molecule has 3 rings (SSSR count). The monoisotopic (exact) mass is 390 g/mol. The molecule has 152 valence electrons. The zero-order chi connectivity index (χ0) is 21.0. The average molecular weight is 391 g/mol. The van der Waals surface area contributed by atoms with E-state index in [0.717, 1.165) is 52.3 Å². The van der Waals surface area contributed by atoms with Crippen LogP contribution in [-0.4, -0.2) is 21.3 Å². The second-order valence-electron chi connectivity index (χ2n) is 7.60. The Hall–Kier alpha value is -2.94. The van der Waals surface area contributed by atoms with Crippen molar-refractivity contribution in [2.24, 2.45) is 0 Å². The van der Waals surface area contributed by atoms with Gasteiger partial charge in [-0.15, -0.1) is 0 Å². The van der Waals surface area contributed by atoms with Crippen molar-refractivity contribution in [2.75, 3.05) is 21.3 Å². The predicted molar refractivity (Wildman–Crippen MR) is 119 cm³/mol. The molecular formula is C26H30O3. The molecular weight excluding hydrogens is 360 g/mol. The van der Waals surface area contributed by atoms with Gasteiger partial charge in [0.15, 0.2) is 0 Å². The molecule has 3 heteroatoms. The summed E-state index contributed by atoms with van der Waals surface area (Å²) >= 11 is 0. The summed E-state index contributed by atoms with van der Waals surface area (Å²) in [6, 6.07) is 17.0. The summed E-state index contributed by atoms with van der Waals surface area (Å²) in [5.74, 6) is 2.74. The Morgan fingerprint density at radius 1 is 0.517 bits per heavy atom. The lowest BCUT2D eigenvalue weighted by Crippen LogP contribution is -2.03. The summed E-state index contributed by atoms with van der Waals surface area (Å²) in [6.45, 7) is 6.34. The van der Waals surface area contributed by atoms with Crippen molar-refractivity contribution in [1.29, 1.82) is 0 Å². The van der Waals surface area contributed by atoms with E-state index in [-0.39, 0.29) is 0 Å². The summed E-state index contributed by atoms with van der Waals surface area (Å²) in [5, 5.41) is 0. The third kappa shape index (κ3) is 4.73. The molecule has 0 aliphatic carbocycles. The summed E-state index contributed by atoms with van der Waals surface area (Å²) in [7, 11) is 5.19. The molecule has 0 aliphatic rings. The maximum Gasteiger partial charge on any atom is 0.125 e. The van der Waals surface area contributed by atoms with Gasteiger partial charge in [0.2, 0.25) is 0 Å². The van der Waals surface area contributed by atoms with Crippen LogP contribution in [-0.2, 0) is 12.8 Å². The van der Waals surface area contributed by atoms with Crippen LogP contribution in [0, 0.1) is 20.8 Å². The fourth-order valence-corrected chi connectivity index (χ4v) is 3.95. The van der Waals surface area contributed by atoms with Gasteiger partial charge in [0.1, 0.15) is 17.2 Å². The van der Waals surface area contributed by atoms with Gasteiger partial charge in [-0.2, -0.15) is 0 Å². The van der Waals surface area contributed by atoms with Gasteiger partial charge < -0.3 is 14.2 Å². The Kier molecular flexibility index (Phi) is 6.48. The first-order valence-corrected chi connectivity index (χ1v) is 9.88. The van der Waals surface area contributed by atoms with Crippen molar-refractivity contribution in [2.45, 2.75) is 33.6 Å². The van der Waals surface area contributed by atoms with E-state index >= 15 is 0 Å². The molecule has 0 saturated carbocycles. The number of hydrogen-bond acceptors (Lipinski definition) is 3. The first-order valence-electron chi connectivity index (χ1n) is 9.88. The van der Waals surface area contributed by atoms with Gasteiger partial charge in [-0.05, 0) is 55.2 Å². The van der Waals surface area contributed by atoms with Crippen LogP contribution >= 0.6 is 0 Å². The summed E-state index contributed by atoms with van der Waals surface area (Å²) in [6.07, 6.45) is 1.52. The minimum absolute atomic E-state index is 0.758. The van der Waals surface area contributed by atoms with Crippen LogP contribution in [0.1, 0.15) is 38.9 Å². The fraction of sp³-hybridized carbons (Fsp3) is 0.308. The topological polar surface area (TPSA) is 27.7 Å². The molecule has 3 aromatic rings.